The number of aromatic amines is 1. The Morgan fingerprint density at radius 2 is 2.29 bits per heavy atom. The van der Waals surface area contributed by atoms with Crippen molar-refractivity contribution in [3.8, 4) is 0 Å². The Balaban J connectivity index is 2.58. The van der Waals surface area contributed by atoms with Gasteiger partial charge in [0.15, 0.2) is 5.82 Å². The standard InChI is InChI=1S/C11H17Cl2N3O/c1-2-3-8(4-5-12)6-14-10-9(13)11(17)16-7-15-10/h7-8H,2-6H2,1H3,(H2,14,15,16,17). The lowest BCUT2D eigenvalue weighted by atomic mass is 10.0. The highest BCUT2D eigenvalue weighted by Gasteiger charge is 2.10. The van der Waals surface area contributed by atoms with Gasteiger partial charge in [-0.25, -0.2) is 4.98 Å². The van der Waals surface area contributed by atoms with Crippen LogP contribution >= 0.6 is 23.2 Å². The quantitative estimate of drug-likeness (QED) is 0.754. The Hall–Kier alpha value is -0.740. The lowest BCUT2D eigenvalue weighted by Crippen LogP contribution is -2.18. The fraction of sp³-hybridized carbons (Fsp3) is 0.636. The Morgan fingerprint density at radius 1 is 1.53 bits per heavy atom. The first kappa shape index (κ1) is 14.3. The van der Waals surface area contributed by atoms with Crippen molar-refractivity contribution in [2.75, 3.05) is 17.7 Å². The van der Waals surface area contributed by atoms with Gasteiger partial charge in [-0.05, 0) is 18.8 Å². The molecule has 6 heteroatoms. The normalized spacial score (nSPS) is 12.4. The lowest BCUT2D eigenvalue weighted by Gasteiger charge is -2.16. The Labute approximate surface area is 111 Å². The molecule has 1 rings (SSSR count). The van der Waals surface area contributed by atoms with Crippen molar-refractivity contribution < 1.29 is 0 Å². The average molecular weight is 278 g/mol. The number of rotatable bonds is 7. The summed E-state index contributed by atoms with van der Waals surface area (Å²) in [5.74, 6) is 1.56. The van der Waals surface area contributed by atoms with E-state index in [-0.39, 0.29) is 10.6 Å². The van der Waals surface area contributed by atoms with Crippen molar-refractivity contribution in [3.63, 3.8) is 0 Å². The summed E-state index contributed by atoms with van der Waals surface area (Å²) in [6.45, 7) is 2.87. The molecule has 1 heterocycles. The number of nitrogens with zero attached hydrogens (tertiary/aromatic N) is 1. The maximum Gasteiger partial charge on any atom is 0.271 e. The smallest absolute Gasteiger partial charge is 0.271 e. The summed E-state index contributed by atoms with van der Waals surface area (Å²) in [5, 5.41) is 3.21. The average Bonchev–Trinajstić information content (AvgIpc) is 2.31. The van der Waals surface area contributed by atoms with Gasteiger partial charge < -0.3 is 10.3 Å². The Kier molecular flexibility index (Phi) is 6.37. The van der Waals surface area contributed by atoms with Gasteiger partial charge in [0.2, 0.25) is 0 Å². The molecule has 0 aliphatic rings. The van der Waals surface area contributed by atoms with Crippen molar-refractivity contribution in [3.05, 3.63) is 21.7 Å². The number of nitrogens with one attached hydrogen (secondary N) is 2. The second kappa shape index (κ2) is 7.56. The van der Waals surface area contributed by atoms with E-state index in [9.17, 15) is 4.79 Å². The van der Waals surface area contributed by atoms with Crippen LogP contribution in [0.15, 0.2) is 11.1 Å². The first-order valence-electron chi connectivity index (χ1n) is 5.72. The number of aromatic nitrogens is 2. The van der Waals surface area contributed by atoms with Crippen molar-refractivity contribution in [2.24, 2.45) is 5.92 Å². The molecule has 0 spiro atoms. The molecule has 1 unspecified atom stereocenters. The summed E-state index contributed by atoms with van der Waals surface area (Å²) >= 11 is 11.6. The molecule has 0 saturated carbocycles. The van der Waals surface area contributed by atoms with E-state index in [0.29, 0.717) is 17.6 Å². The minimum Gasteiger partial charge on any atom is -0.368 e. The number of hydrogen-bond donors (Lipinski definition) is 2. The molecular weight excluding hydrogens is 261 g/mol. The van der Waals surface area contributed by atoms with E-state index >= 15 is 0 Å². The van der Waals surface area contributed by atoms with Crippen LogP contribution in [-0.4, -0.2) is 22.4 Å². The highest BCUT2D eigenvalue weighted by molar-refractivity contribution is 6.32. The van der Waals surface area contributed by atoms with Crippen molar-refractivity contribution in [2.45, 2.75) is 26.2 Å². The molecule has 1 aromatic rings. The maximum atomic E-state index is 11.2. The van der Waals surface area contributed by atoms with Crippen LogP contribution in [0.1, 0.15) is 26.2 Å². The van der Waals surface area contributed by atoms with Crippen LogP contribution in [0.3, 0.4) is 0 Å². The highest BCUT2D eigenvalue weighted by Crippen LogP contribution is 2.16. The van der Waals surface area contributed by atoms with Gasteiger partial charge in [0.25, 0.3) is 5.56 Å². The summed E-state index contributed by atoms with van der Waals surface area (Å²) in [7, 11) is 0. The van der Waals surface area contributed by atoms with Gasteiger partial charge in [0, 0.05) is 12.4 Å². The van der Waals surface area contributed by atoms with E-state index in [1.807, 2.05) is 0 Å². The molecule has 0 aromatic carbocycles. The number of hydrogen-bond acceptors (Lipinski definition) is 3. The molecule has 1 atom stereocenters. The third kappa shape index (κ3) is 4.56. The summed E-state index contributed by atoms with van der Waals surface area (Å²) in [5.41, 5.74) is -0.325. The summed E-state index contributed by atoms with van der Waals surface area (Å²) < 4.78 is 0. The first-order valence-corrected chi connectivity index (χ1v) is 6.63. The second-order valence-electron chi connectivity index (χ2n) is 3.91. The fourth-order valence-corrected chi connectivity index (χ4v) is 2.14. The van der Waals surface area contributed by atoms with E-state index in [4.69, 9.17) is 23.2 Å². The predicted octanol–water partition coefficient (Wildman–Crippen LogP) is 2.88. The minimum atomic E-state index is -0.325. The van der Waals surface area contributed by atoms with Gasteiger partial charge in [-0.3, -0.25) is 4.79 Å². The molecule has 0 amide bonds. The largest absolute Gasteiger partial charge is 0.368 e. The monoisotopic (exact) mass is 277 g/mol. The minimum absolute atomic E-state index is 0.105. The lowest BCUT2D eigenvalue weighted by molar-refractivity contribution is 0.489. The van der Waals surface area contributed by atoms with Crippen molar-refractivity contribution >= 4 is 29.0 Å². The summed E-state index contributed by atoms with van der Waals surface area (Å²) in [6, 6.07) is 0. The molecule has 0 fully saturated rings. The van der Waals surface area contributed by atoms with Crippen LogP contribution in [0, 0.1) is 5.92 Å². The summed E-state index contributed by atoms with van der Waals surface area (Å²) in [6.07, 6.45) is 4.50. The third-order valence-electron chi connectivity index (χ3n) is 2.57. The van der Waals surface area contributed by atoms with Crippen LogP contribution in [0.5, 0.6) is 0 Å². The molecular formula is C11H17Cl2N3O. The Bertz CT molecular complexity index is 389. The van der Waals surface area contributed by atoms with Crippen LogP contribution < -0.4 is 10.9 Å². The van der Waals surface area contributed by atoms with E-state index in [2.05, 4.69) is 22.2 Å². The van der Waals surface area contributed by atoms with Gasteiger partial charge >= 0.3 is 0 Å². The molecule has 17 heavy (non-hydrogen) atoms. The van der Waals surface area contributed by atoms with Crippen LogP contribution in [-0.2, 0) is 0 Å². The zero-order valence-electron chi connectivity index (χ0n) is 9.80. The molecule has 0 radical (unpaired) electrons. The van der Waals surface area contributed by atoms with Crippen LogP contribution in [0.4, 0.5) is 5.82 Å². The topological polar surface area (TPSA) is 57.8 Å². The van der Waals surface area contributed by atoms with Gasteiger partial charge in [-0.1, -0.05) is 24.9 Å². The number of H-pyrrole nitrogens is 1. The zero-order valence-corrected chi connectivity index (χ0v) is 11.3. The van der Waals surface area contributed by atoms with E-state index < -0.39 is 0 Å². The molecule has 96 valence electrons. The fourth-order valence-electron chi connectivity index (χ4n) is 1.66. The molecule has 0 aliphatic carbocycles. The second-order valence-corrected chi connectivity index (χ2v) is 4.66. The number of anilines is 1. The molecule has 0 saturated heterocycles. The predicted molar refractivity (Wildman–Crippen MR) is 72.1 cm³/mol. The van der Waals surface area contributed by atoms with E-state index in [1.165, 1.54) is 6.33 Å². The summed E-state index contributed by atoms with van der Waals surface area (Å²) in [4.78, 5) is 17.7. The van der Waals surface area contributed by atoms with E-state index in [1.54, 1.807) is 0 Å². The van der Waals surface area contributed by atoms with Gasteiger partial charge in [-0.2, -0.15) is 0 Å². The molecule has 0 aliphatic heterocycles. The van der Waals surface area contributed by atoms with Gasteiger partial charge in [-0.15, -0.1) is 11.6 Å². The molecule has 0 bridgehead atoms. The molecule has 1 aromatic heterocycles. The number of halogens is 2. The Morgan fingerprint density at radius 3 is 2.94 bits per heavy atom. The van der Waals surface area contributed by atoms with Gasteiger partial charge in [0.1, 0.15) is 5.02 Å². The third-order valence-corrected chi connectivity index (χ3v) is 3.14. The SMILES string of the molecule is CCCC(CCCl)CNc1nc[nH]c(=O)c1Cl. The first-order chi connectivity index (χ1) is 8.19. The van der Waals surface area contributed by atoms with Crippen molar-refractivity contribution in [1.29, 1.82) is 0 Å². The highest BCUT2D eigenvalue weighted by atomic mass is 35.5. The molecule has 2 N–H and O–H groups in total. The van der Waals surface area contributed by atoms with E-state index in [0.717, 1.165) is 25.8 Å². The number of alkyl halides is 1. The van der Waals surface area contributed by atoms with Crippen LogP contribution in [0.2, 0.25) is 5.02 Å². The van der Waals surface area contributed by atoms with Crippen LogP contribution in [0.25, 0.3) is 0 Å². The molecule has 4 nitrogen and oxygen atoms in total. The van der Waals surface area contributed by atoms with Gasteiger partial charge in [0.05, 0.1) is 6.33 Å². The maximum absolute atomic E-state index is 11.2. The zero-order chi connectivity index (χ0) is 12.7. The van der Waals surface area contributed by atoms with Crippen molar-refractivity contribution in [1.82, 2.24) is 9.97 Å².